The summed E-state index contributed by atoms with van der Waals surface area (Å²) in [4.78, 5) is 11.5. The Labute approximate surface area is 136 Å². The van der Waals surface area contributed by atoms with E-state index in [1.165, 1.54) is 0 Å². The van der Waals surface area contributed by atoms with Gasteiger partial charge in [0.05, 0.1) is 12.8 Å². The summed E-state index contributed by atoms with van der Waals surface area (Å²) < 4.78 is 7.97. The summed E-state index contributed by atoms with van der Waals surface area (Å²) in [6.45, 7) is 0. The van der Waals surface area contributed by atoms with Crippen LogP contribution in [0.3, 0.4) is 0 Å². The molecule has 1 heterocycles. The third-order valence-electron chi connectivity index (χ3n) is 3.37. The molecule has 0 fully saturated rings. The predicted molar refractivity (Wildman–Crippen MR) is 91.4 cm³/mol. The Kier molecular flexibility index (Phi) is 4.13. The number of nitrogens with zero attached hydrogens (tertiary/aromatic N) is 1. The van der Waals surface area contributed by atoms with Gasteiger partial charge in [-0.1, -0.05) is 36.4 Å². The predicted octanol–water partition coefficient (Wildman–Crippen LogP) is 3.73. The van der Waals surface area contributed by atoms with Crippen LogP contribution in [-0.4, -0.2) is 11.5 Å². The van der Waals surface area contributed by atoms with E-state index in [4.69, 9.17) is 10.00 Å². The molecule has 0 atom stereocenters. The lowest BCUT2D eigenvalue weighted by Crippen LogP contribution is -2.03. The molecule has 23 heavy (non-hydrogen) atoms. The quantitative estimate of drug-likeness (QED) is 0.767. The molecule has 0 radical (unpaired) electrons. The number of nitrogens with one attached hydrogen (secondary N) is 2. The highest BCUT2D eigenvalue weighted by Crippen LogP contribution is 2.33. The van der Waals surface area contributed by atoms with E-state index in [1.807, 2.05) is 54.6 Å². The summed E-state index contributed by atoms with van der Waals surface area (Å²) in [7, 11) is 1.58. The summed E-state index contributed by atoms with van der Waals surface area (Å²) in [6.07, 6.45) is 0. The van der Waals surface area contributed by atoms with Crippen molar-refractivity contribution in [1.29, 1.82) is 5.26 Å². The van der Waals surface area contributed by atoms with Gasteiger partial charge in [0.15, 0.2) is 5.56 Å². The molecule has 2 aromatic carbocycles. The summed E-state index contributed by atoms with van der Waals surface area (Å²) in [5.41, 5.74) is 2.49. The number of rotatable bonds is 4. The van der Waals surface area contributed by atoms with Gasteiger partial charge in [0.25, 0.3) is 5.56 Å². The van der Waals surface area contributed by atoms with E-state index in [0.717, 1.165) is 22.7 Å². The van der Waals surface area contributed by atoms with Gasteiger partial charge in [-0.25, -0.2) is 0 Å². The smallest absolute Gasteiger partial charge is 0.278 e. The first kappa shape index (κ1) is 14.9. The maximum absolute atomic E-state index is 11.5. The zero-order chi connectivity index (χ0) is 16.2. The van der Waals surface area contributed by atoms with Crippen molar-refractivity contribution in [2.24, 2.45) is 0 Å². The molecule has 0 saturated heterocycles. The van der Waals surface area contributed by atoms with Crippen molar-refractivity contribution in [3.8, 4) is 22.9 Å². The number of H-pyrrole nitrogens is 1. The molecule has 0 bridgehead atoms. The molecule has 0 amide bonds. The number of hydrogen-bond acceptors (Lipinski definition) is 5. The molecule has 0 aliphatic heterocycles. The van der Waals surface area contributed by atoms with Crippen LogP contribution in [0.4, 0.5) is 10.7 Å². The summed E-state index contributed by atoms with van der Waals surface area (Å²) in [6, 6.07) is 17.6. The zero-order valence-corrected chi connectivity index (χ0v) is 13.1. The van der Waals surface area contributed by atoms with Crippen molar-refractivity contribution < 1.29 is 4.74 Å². The van der Waals surface area contributed by atoms with Crippen LogP contribution in [-0.2, 0) is 0 Å². The summed E-state index contributed by atoms with van der Waals surface area (Å²) >= 11 is 1.09. The van der Waals surface area contributed by atoms with Crippen molar-refractivity contribution in [3.63, 3.8) is 0 Å². The number of benzene rings is 2. The van der Waals surface area contributed by atoms with Crippen LogP contribution in [0.1, 0.15) is 5.56 Å². The van der Waals surface area contributed by atoms with Crippen molar-refractivity contribution >= 4 is 22.2 Å². The van der Waals surface area contributed by atoms with E-state index in [2.05, 4.69) is 9.69 Å². The minimum atomic E-state index is -0.389. The highest BCUT2D eigenvalue weighted by atomic mass is 32.1. The Hall–Kier alpha value is -3.04. The van der Waals surface area contributed by atoms with E-state index in [9.17, 15) is 4.79 Å². The van der Waals surface area contributed by atoms with Crippen molar-refractivity contribution in [3.05, 3.63) is 64.4 Å². The molecular weight excluding hydrogens is 310 g/mol. The van der Waals surface area contributed by atoms with Crippen molar-refractivity contribution in [2.75, 3.05) is 12.4 Å². The van der Waals surface area contributed by atoms with Crippen LogP contribution >= 0.6 is 11.5 Å². The fraction of sp³-hybridized carbons (Fsp3) is 0.0588. The first-order chi connectivity index (χ1) is 11.2. The lowest BCUT2D eigenvalue weighted by molar-refractivity contribution is 0.417. The van der Waals surface area contributed by atoms with Gasteiger partial charge in [-0.05, 0) is 34.8 Å². The summed E-state index contributed by atoms with van der Waals surface area (Å²) in [5.74, 6) is 0.635. The molecule has 0 saturated carbocycles. The van der Waals surface area contributed by atoms with Crippen LogP contribution in [0, 0.1) is 11.3 Å². The summed E-state index contributed by atoms with van der Waals surface area (Å²) in [5, 5.41) is 12.6. The molecule has 3 aromatic rings. The molecule has 2 N–H and O–H groups in total. The molecule has 1 aromatic heterocycles. The van der Waals surface area contributed by atoms with E-state index in [1.54, 1.807) is 7.11 Å². The average molecular weight is 323 g/mol. The van der Waals surface area contributed by atoms with Gasteiger partial charge in [0, 0.05) is 0 Å². The first-order valence-electron chi connectivity index (χ1n) is 6.85. The Bertz CT molecular complexity index is 923. The third-order valence-corrected chi connectivity index (χ3v) is 4.17. The largest absolute Gasteiger partial charge is 0.495 e. The Morgan fingerprint density at radius 3 is 2.65 bits per heavy atom. The van der Waals surface area contributed by atoms with Crippen LogP contribution in [0.5, 0.6) is 5.75 Å². The SMILES string of the molecule is COc1cc(-c2ccccc2)ccc1Nc1s[nH]c(=O)c1C#N. The fourth-order valence-corrected chi connectivity index (χ4v) is 2.92. The van der Waals surface area contributed by atoms with Gasteiger partial charge in [0.1, 0.15) is 16.8 Å². The second kappa shape index (κ2) is 6.38. The van der Waals surface area contributed by atoms with Crippen LogP contribution < -0.4 is 15.6 Å². The fourth-order valence-electron chi connectivity index (χ4n) is 2.22. The number of nitriles is 1. The monoisotopic (exact) mass is 323 g/mol. The topological polar surface area (TPSA) is 77.9 Å². The van der Waals surface area contributed by atoms with E-state index in [-0.39, 0.29) is 11.1 Å². The van der Waals surface area contributed by atoms with Gasteiger partial charge in [-0.15, -0.1) is 0 Å². The maximum atomic E-state index is 11.5. The molecular formula is C17H13N3O2S. The normalized spacial score (nSPS) is 10.1. The van der Waals surface area contributed by atoms with Gasteiger partial charge < -0.3 is 10.1 Å². The second-order valence-corrected chi connectivity index (χ2v) is 5.57. The number of methoxy groups -OCH3 is 1. The van der Waals surface area contributed by atoms with Crippen LogP contribution in [0.25, 0.3) is 11.1 Å². The molecule has 5 nitrogen and oxygen atoms in total. The van der Waals surface area contributed by atoms with E-state index in [0.29, 0.717) is 16.4 Å². The highest BCUT2D eigenvalue weighted by Gasteiger charge is 2.13. The minimum absolute atomic E-state index is 0.0733. The molecule has 0 spiro atoms. The highest BCUT2D eigenvalue weighted by molar-refractivity contribution is 7.10. The Balaban J connectivity index is 1.98. The number of aromatic amines is 1. The lowest BCUT2D eigenvalue weighted by atomic mass is 10.0. The van der Waals surface area contributed by atoms with Crippen molar-refractivity contribution in [2.45, 2.75) is 0 Å². The van der Waals surface area contributed by atoms with E-state index < -0.39 is 0 Å². The third kappa shape index (κ3) is 2.96. The number of hydrogen-bond donors (Lipinski definition) is 2. The van der Waals surface area contributed by atoms with Crippen LogP contribution in [0.2, 0.25) is 0 Å². The number of ether oxygens (including phenoxy) is 1. The molecule has 0 aliphatic carbocycles. The van der Waals surface area contributed by atoms with Crippen molar-refractivity contribution in [1.82, 2.24) is 4.37 Å². The standard InChI is InChI=1S/C17H13N3O2S/c1-22-15-9-12(11-5-3-2-4-6-11)7-8-14(15)19-17-13(10-18)16(21)20-23-17/h2-9,19H,1H3,(H,20,21). The molecule has 3 rings (SSSR count). The maximum Gasteiger partial charge on any atom is 0.278 e. The Morgan fingerprint density at radius 2 is 1.96 bits per heavy atom. The minimum Gasteiger partial charge on any atom is -0.495 e. The van der Waals surface area contributed by atoms with Gasteiger partial charge in [-0.2, -0.15) is 5.26 Å². The van der Waals surface area contributed by atoms with Gasteiger partial charge in [0.2, 0.25) is 0 Å². The van der Waals surface area contributed by atoms with Gasteiger partial charge in [-0.3, -0.25) is 9.17 Å². The van der Waals surface area contributed by atoms with Gasteiger partial charge >= 0.3 is 0 Å². The first-order valence-corrected chi connectivity index (χ1v) is 7.66. The zero-order valence-electron chi connectivity index (χ0n) is 12.3. The molecule has 114 valence electrons. The Morgan fingerprint density at radius 1 is 1.17 bits per heavy atom. The second-order valence-electron chi connectivity index (χ2n) is 4.76. The molecule has 0 aliphatic rings. The number of aromatic nitrogens is 1. The molecule has 6 heteroatoms. The van der Waals surface area contributed by atoms with Crippen LogP contribution in [0.15, 0.2) is 53.3 Å². The lowest BCUT2D eigenvalue weighted by Gasteiger charge is -2.12. The molecule has 0 unspecified atom stereocenters. The van der Waals surface area contributed by atoms with E-state index >= 15 is 0 Å². The number of anilines is 2. The average Bonchev–Trinajstić information content (AvgIpc) is 2.95.